The lowest BCUT2D eigenvalue weighted by Crippen LogP contribution is -2.62. The van der Waals surface area contributed by atoms with Crippen LogP contribution in [0.25, 0.3) is 0 Å². The Hall–Kier alpha value is -1.14. The van der Waals surface area contributed by atoms with Crippen LogP contribution in [-0.4, -0.2) is 28.9 Å². The Labute approximate surface area is 114 Å². The van der Waals surface area contributed by atoms with Crippen LogP contribution in [0, 0.1) is 0 Å². The molecule has 0 aromatic heterocycles. The molecule has 1 fully saturated rings. The third-order valence-corrected chi connectivity index (χ3v) is 3.30. The molecule has 0 saturated carbocycles. The molecule has 0 aromatic rings. The zero-order valence-corrected chi connectivity index (χ0v) is 12.3. The molecule has 6 heteroatoms. The van der Waals surface area contributed by atoms with Crippen LogP contribution in [0.2, 0.25) is 0 Å². The van der Waals surface area contributed by atoms with E-state index in [2.05, 4.69) is 38.3 Å². The molecule has 1 saturated heterocycles. The topological polar surface area (TPSA) is 96.2 Å². The molecule has 19 heavy (non-hydrogen) atoms. The summed E-state index contributed by atoms with van der Waals surface area (Å²) >= 11 is 0. The summed E-state index contributed by atoms with van der Waals surface area (Å²) in [6.07, 6.45) is 2.06. The van der Waals surface area contributed by atoms with Gasteiger partial charge in [-0.15, -0.1) is 0 Å². The smallest absolute Gasteiger partial charge is 0.234 e. The fourth-order valence-corrected chi connectivity index (χ4v) is 3.02. The summed E-state index contributed by atoms with van der Waals surface area (Å²) in [6, 6.07) is 0.139. The maximum atomic E-state index is 11.8. The second-order valence-corrected chi connectivity index (χ2v) is 6.63. The molecular weight excluding hydrogens is 244 g/mol. The van der Waals surface area contributed by atoms with Crippen LogP contribution in [0.15, 0.2) is 0 Å². The predicted octanol–water partition coefficient (Wildman–Crippen LogP) is 0.182. The number of hydrazine groups is 1. The molecule has 0 aliphatic carbocycles. The number of amides is 2. The van der Waals surface area contributed by atoms with Gasteiger partial charge in [0.1, 0.15) is 0 Å². The van der Waals surface area contributed by atoms with Gasteiger partial charge in [0, 0.05) is 30.0 Å². The van der Waals surface area contributed by atoms with E-state index in [0.29, 0.717) is 0 Å². The maximum absolute atomic E-state index is 11.8. The van der Waals surface area contributed by atoms with E-state index >= 15 is 0 Å². The second kappa shape index (κ2) is 5.88. The normalized spacial score (nSPS) is 21.7. The maximum Gasteiger partial charge on any atom is 0.234 e. The van der Waals surface area contributed by atoms with Crippen LogP contribution < -0.4 is 21.9 Å². The van der Waals surface area contributed by atoms with Crippen LogP contribution in [0.3, 0.4) is 0 Å². The Morgan fingerprint density at radius 3 is 2.05 bits per heavy atom. The summed E-state index contributed by atoms with van der Waals surface area (Å²) in [5.41, 5.74) is 2.01. The highest BCUT2D eigenvalue weighted by Gasteiger charge is 2.38. The van der Waals surface area contributed by atoms with E-state index in [1.54, 1.807) is 0 Å². The molecule has 1 aliphatic rings. The van der Waals surface area contributed by atoms with Gasteiger partial charge in [-0.05, 0) is 40.5 Å². The summed E-state index contributed by atoms with van der Waals surface area (Å²) in [5.74, 6) is 4.56. The average molecular weight is 270 g/mol. The number of nitrogens with two attached hydrogens (primary N) is 1. The fraction of sp³-hybridized carbons (Fsp3) is 0.846. The van der Waals surface area contributed by atoms with E-state index in [-0.39, 0.29) is 41.8 Å². The molecule has 1 rings (SSSR count). The highest BCUT2D eigenvalue weighted by molar-refractivity contribution is 5.83. The average Bonchev–Trinajstić information content (AvgIpc) is 2.21. The number of hydrogen-bond acceptors (Lipinski definition) is 4. The Morgan fingerprint density at radius 2 is 1.58 bits per heavy atom. The molecule has 1 aliphatic heterocycles. The Morgan fingerprint density at radius 1 is 1.11 bits per heavy atom. The molecule has 5 N–H and O–H groups in total. The number of hydrogen-bond donors (Lipinski definition) is 4. The lowest BCUT2D eigenvalue weighted by Gasteiger charge is -2.46. The van der Waals surface area contributed by atoms with Crippen molar-refractivity contribution in [3.63, 3.8) is 0 Å². The lowest BCUT2D eigenvalue weighted by atomic mass is 9.79. The summed E-state index contributed by atoms with van der Waals surface area (Å²) in [6.45, 7) is 8.54. The molecule has 0 atom stereocenters. The van der Waals surface area contributed by atoms with Crippen LogP contribution in [0.1, 0.15) is 53.4 Å². The number of carbonyl (C=O) groups excluding carboxylic acids is 2. The molecule has 110 valence electrons. The highest BCUT2D eigenvalue weighted by Crippen LogP contribution is 2.28. The van der Waals surface area contributed by atoms with Crippen molar-refractivity contribution in [2.24, 2.45) is 5.84 Å². The SMILES string of the molecule is CC1(C)CC(NC(=O)CCC(=O)NN)CC(C)(C)N1. The van der Waals surface area contributed by atoms with Crippen molar-refractivity contribution < 1.29 is 9.59 Å². The molecule has 0 radical (unpaired) electrons. The molecule has 6 nitrogen and oxygen atoms in total. The Kier molecular flexibility index (Phi) is 4.92. The van der Waals surface area contributed by atoms with E-state index in [4.69, 9.17) is 5.84 Å². The summed E-state index contributed by atoms with van der Waals surface area (Å²) in [4.78, 5) is 22.8. The van der Waals surface area contributed by atoms with Gasteiger partial charge >= 0.3 is 0 Å². The van der Waals surface area contributed by atoms with Crippen LogP contribution >= 0.6 is 0 Å². The minimum Gasteiger partial charge on any atom is -0.353 e. The zero-order valence-electron chi connectivity index (χ0n) is 12.3. The minimum absolute atomic E-state index is 0.00562. The zero-order chi connectivity index (χ0) is 14.7. The van der Waals surface area contributed by atoms with Gasteiger partial charge in [-0.25, -0.2) is 5.84 Å². The third-order valence-electron chi connectivity index (χ3n) is 3.30. The van der Waals surface area contributed by atoms with Gasteiger partial charge < -0.3 is 10.6 Å². The van der Waals surface area contributed by atoms with Gasteiger partial charge in [0.2, 0.25) is 11.8 Å². The van der Waals surface area contributed by atoms with Crippen LogP contribution in [0.5, 0.6) is 0 Å². The van der Waals surface area contributed by atoms with Crippen LogP contribution in [0.4, 0.5) is 0 Å². The van der Waals surface area contributed by atoms with Crippen molar-refractivity contribution in [3.05, 3.63) is 0 Å². The van der Waals surface area contributed by atoms with Gasteiger partial charge in [-0.3, -0.25) is 15.0 Å². The molecular formula is C13H26N4O2. The first-order valence-corrected chi connectivity index (χ1v) is 6.72. The van der Waals surface area contributed by atoms with Gasteiger partial charge in [0.25, 0.3) is 0 Å². The van der Waals surface area contributed by atoms with Crippen molar-refractivity contribution in [1.29, 1.82) is 0 Å². The van der Waals surface area contributed by atoms with Crippen molar-refractivity contribution in [2.45, 2.75) is 70.5 Å². The second-order valence-electron chi connectivity index (χ2n) is 6.63. The molecule has 0 spiro atoms. The quantitative estimate of drug-likeness (QED) is 0.333. The first-order valence-electron chi connectivity index (χ1n) is 6.72. The monoisotopic (exact) mass is 270 g/mol. The lowest BCUT2D eigenvalue weighted by molar-refractivity contribution is -0.127. The number of piperidine rings is 1. The van der Waals surface area contributed by atoms with E-state index in [1.165, 1.54) is 0 Å². The van der Waals surface area contributed by atoms with E-state index in [1.807, 2.05) is 5.43 Å². The van der Waals surface area contributed by atoms with Gasteiger partial charge in [-0.2, -0.15) is 0 Å². The van der Waals surface area contributed by atoms with Gasteiger partial charge in [-0.1, -0.05) is 0 Å². The molecule has 1 heterocycles. The number of carbonyl (C=O) groups is 2. The standard InChI is InChI=1S/C13H26N4O2/c1-12(2)7-9(8-13(3,4)17-12)15-10(18)5-6-11(19)16-14/h9,17H,5-8,14H2,1-4H3,(H,15,18)(H,16,19). The largest absolute Gasteiger partial charge is 0.353 e. The van der Waals surface area contributed by atoms with Crippen molar-refractivity contribution in [2.75, 3.05) is 0 Å². The van der Waals surface area contributed by atoms with Gasteiger partial charge in [0.15, 0.2) is 0 Å². The predicted molar refractivity (Wildman–Crippen MR) is 74.0 cm³/mol. The van der Waals surface area contributed by atoms with Crippen molar-refractivity contribution >= 4 is 11.8 Å². The molecule has 0 aromatic carbocycles. The van der Waals surface area contributed by atoms with Crippen LogP contribution in [-0.2, 0) is 9.59 Å². The Balaban J connectivity index is 2.47. The molecule has 0 unspecified atom stereocenters. The number of rotatable bonds is 4. The summed E-state index contributed by atoms with van der Waals surface area (Å²) in [5, 5.41) is 6.57. The first-order chi connectivity index (χ1) is 8.63. The highest BCUT2D eigenvalue weighted by atomic mass is 16.2. The third kappa shape index (κ3) is 5.57. The van der Waals surface area contributed by atoms with E-state index < -0.39 is 0 Å². The minimum atomic E-state index is -0.318. The van der Waals surface area contributed by atoms with Crippen molar-refractivity contribution in [3.8, 4) is 0 Å². The summed E-state index contributed by atoms with van der Waals surface area (Å²) in [7, 11) is 0. The summed E-state index contributed by atoms with van der Waals surface area (Å²) < 4.78 is 0. The van der Waals surface area contributed by atoms with Crippen molar-refractivity contribution in [1.82, 2.24) is 16.1 Å². The van der Waals surface area contributed by atoms with Gasteiger partial charge in [0.05, 0.1) is 0 Å². The molecule has 2 amide bonds. The van der Waals surface area contributed by atoms with E-state index in [9.17, 15) is 9.59 Å². The first kappa shape index (κ1) is 15.9. The molecule has 0 bridgehead atoms. The fourth-order valence-electron chi connectivity index (χ4n) is 3.02. The Bertz CT molecular complexity index is 337. The number of nitrogens with one attached hydrogen (secondary N) is 3. The van der Waals surface area contributed by atoms with E-state index in [0.717, 1.165) is 12.8 Å².